The number of H-pyrrole nitrogens is 1. The van der Waals surface area contributed by atoms with Crippen LogP contribution >= 0.6 is 0 Å². The molecule has 2 aliphatic rings. The Morgan fingerprint density at radius 3 is 2.93 bits per heavy atom. The number of benzene rings is 1. The van der Waals surface area contributed by atoms with E-state index in [9.17, 15) is 0 Å². The maximum Gasteiger partial charge on any atom is 0.173 e. The molecule has 1 atom stereocenters. The minimum atomic E-state index is 0.0953. The van der Waals surface area contributed by atoms with E-state index in [-0.39, 0.29) is 5.92 Å². The number of nitrogens with zero attached hydrogens (tertiary/aromatic N) is 4. The zero-order chi connectivity index (χ0) is 20.1. The summed E-state index contributed by atoms with van der Waals surface area (Å²) in [6, 6.07) is 8.67. The molecule has 1 saturated heterocycles. The molecule has 1 aromatic carbocycles. The average Bonchev–Trinajstić information content (AvgIpc) is 3.53. The van der Waals surface area contributed by atoms with E-state index in [0.29, 0.717) is 24.2 Å². The number of nitrogens with one attached hydrogen (secondary N) is 2. The quantitative estimate of drug-likeness (QED) is 0.489. The molecule has 1 unspecified atom stereocenters. The number of piperidine rings is 1. The van der Waals surface area contributed by atoms with E-state index in [2.05, 4.69) is 48.6 Å². The van der Waals surface area contributed by atoms with Crippen molar-refractivity contribution in [1.82, 2.24) is 25.3 Å². The molecule has 8 nitrogen and oxygen atoms in total. The van der Waals surface area contributed by atoms with E-state index in [0.717, 1.165) is 59.3 Å². The largest absolute Gasteiger partial charge is 0.453 e. The number of fused-ring (bicyclic) bond motifs is 2. The second-order valence-electron chi connectivity index (χ2n) is 8.08. The van der Waals surface area contributed by atoms with Crippen LogP contribution in [0.2, 0.25) is 0 Å². The number of aromatic nitrogens is 4. The van der Waals surface area contributed by atoms with Crippen LogP contribution in [-0.4, -0.2) is 45.4 Å². The Morgan fingerprint density at radius 2 is 2.03 bits per heavy atom. The van der Waals surface area contributed by atoms with Gasteiger partial charge in [0.25, 0.3) is 0 Å². The lowest BCUT2D eigenvalue weighted by Gasteiger charge is -2.23. The summed E-state index contributed by atoms with van der Waals surface area (Å²) in [5, 5.41) is 16.2. The van der Waals surface area contributed by atoms with Gasteiger partial charge in [-0.25, -0.2) is 0 Å². The molecule has 1 fully saturated rings. The van der Waals surface area contributed by atoms with E-state index in [4.69, 9.17) is 10.2 Å². The SMILES string of the molecule is NC1=NCC(c2cnn(C3CCNCC3)c2)c2cc(-c3ccc4[nH]ncc4c3)oc21. The molecule has 0 saturated carbocycles. The summed E-state index contributed by atoms with van der Waals surface area (Å²) in [7, 11) is 0. The number of hydrogen-bond donors (Lipinski definition) is 3. The summed E-state index contributed by atoms with van der Waals surface area (Å²) in [4.78, 5) is 4.54. The number of aromatic amines is 1. The molecule has 5 heterocycles. The number of hydrogen-bond acceptors (Lipinski definition) is 6. The first kappa shape index (κ1) is 17.5. The fourth-order valence-corrected chi connectivity index (χ4v) is 4.55. The highest BCUT2D eigenvalue weighted by Gasteiger charge is 2.29. The fraction of sp³-hybridized carbons (Fsp3) is 0.318. The van der Waals surface area contributed by atoms with Crippen molar-refractivity contribution in [3.63, 3.8) is 0 Å². The first-order valence-electron chi connectivity index (χ1n) is 10.4. The van der Waals surface area contributed by atoms with Crippen LogP contribution in [0.25, 0.3) is 22.2 Å². The van der Waals surface area contributed by atoms with Gasteiger partial charge in [-0.15, -0.1) is 0 Å². The number of nitrogens with two attached hydrogens (primary N) is 1. The van der Waals surface area contributed by atoms with E-state index in [1.165, 1.54) is 0 Å². The van der Waals surface area contributed by atoms with Gasteiger partial charge in [0.05, 0.1) is 30.5 Å². The average molecular weight is 401 g/mol. The van der Waals surface area contributed by atoms with Crippen molar-refractivity contribution in [3.8, 4) is 11.3 Å². The minimum Gasteiger partial charge on any atom is -0.453 e. The third kappa shape index (κ3) is 2.83. The van der Waals surface area contributed by atoms with Crippen LogP contribution in [0.15, 0.2) is 52.3 Å². The second kappa shape index (κ2) is 6.84. The van der Waals surface area contributed by atoms with E-state index in [1.807, 2.05) is 24.5 Å². The van der Waals surface area contributed by atoms with Crippen molar-refractivity contribution in [3.05, 3.63) is 59.7 Å². The Morgan fingerprint density at radius 1 is 1.13 bits per heavy atom. The van der Waals surface area contributed by atoms with Crippen molar-refractivity contribution < 1.29 is 4.42 Å². The van der Waals surface area contributed by atoms with Gasteiger partial charge in [0, 0.05) is 28.6 Å². The molecule has 2 aliphatic heterocycles. The van der Waals surface area contributed by atoms with Crippen LogP contribution < -0.4 is 11.1 Å². The Balaban J connectivity index is 1.36. The third-order valence-corrected chi connectivity index (χ3v) is 6.24. The predicted molar refractivity (Wildman–Crippen MR) is 115 cm³/mol. The Bertz CT molecular complexity index is 1240. The topological polar surface area (TPSA) is 110 Å². The highest BCUT2D eigenvalue weighted by Crippen LogP contribution is 2.37. The first-order chi connectivity index (χ1) is 14.8. The van der Waals surface area contributed by atoms with Gasteiger partial charge in [-0.05, 0) is 55.8 Å². The van der Waals surface area contributed by atoms with E-state index in [1.54, 1.807) is 0 Å². The van der Waals surface area contributed by atoms with Gasteiger partial charge in [0.2, 0.25) is 0 Å². The summed E-state index contributed by atoms with van der Waals surface area (Å²) in [5.74, 6) is 2.02. The van der Waals surface area contributed by atoms with Crippen molar-refractivity contribution in [2.75, 3.05) is 19.6 Å². The molecule has 0 bridgehead atoms. The Labute approximate surface area is 173 Å². The minimum absolute atomic E-state index is 0.0953. The summed E-state index contributed by atoms with van der Waals surface area (Å²) in [6.45, 7) is 2.69. The van der Waals surface area contributed by atoms with Crippen molar-refractivity contribution in [2.45, 2.75) is 24.8 Å². The van der Waals surface area contributed by atoms with Gasteiger partial charge in [-0.3, -0.25) is 14.8 Å². The molecule has 0 radical (unpaired) electrons. The molecule has 0 spiro atoms. The maximum atomic E-state index is 6.19. The zero-order valence-electron chi connectivity index (χ0n) is 16.5. The lowest BCUT2D eigenvalue weighted by Crippen LogP contribution is -2.29. The molecule has 8 heteroatoms. The highest BCUT2D eigenvalue weighted by atomic mass is 16.3. The summed E-state index contributed by atoms with van der Waals surface area (Å²) in [5.41, 5.74) is 10.4. The molecule has 3 aromatic heterocycles. The van der Waals surface area contributed by atoms with Crippen LogP contribution in [0.5, 0.6) is 0 Å². The monoisotopic (exact) mass is 401 g/mol. The molecule has 6 rings (SSSR count). The van der Waals surface area contributed by atoms with Crippen LogP contribution in [0, 0.1) is 0 Å². The van der Waals surface area contributed by atoms with Crippen LogP contribution in [0.1, 0.15) is 41.7 Å². The van der Waals surface area contributed by atoms with Crippen molar-refractivity contribution in [1.29, 1.82) is 0 Å². The zero-order valence-corrected chi connectivity index (χ0v) is 16.5. The Kier molecular flexibility index (Phi) is 3.98. The Hall–Kier alpha value is -3.39. The number of rotatable bonds is 3. The van der Waals surface area contributed by atoms with Gasteiger partial charge in [-0.1, -0.05) is 0 Å². The summed E-state index contributed by atoms with van der Waals surface area (Å²) < 4.78 is 8.30. The molecular weight excluding hydrogens is 378 g/mol. The molecule has 152 valence electrons. The third-order valence-electron chi connectivity index (χ3n) is 6.24. The molecule has 0 amide bonds. The van der Waals surface area contributed by atoms with Gasteiger partial charge in [-0.2, -0.15) is 10.2 Å². The second-order valence-corrected chi connectivity index (χ2v) is 8.08. The van der Waals surface area contributed by atoms with Gasteiger partial charge < -0.3 is 15.5 Å². The normalized spacial score (nSPS) is 19.7. The summed E-state index contributed by atoms with van der Waals surface area (Å²) >= 11 is 0. The lowest BCUT2D eigenvalue weighted by atomic mass is 9.91. The van der Waals surface area contributed by atoms with Gasteiger partial charge in [0.1, 0.15) is 5.76 Å². The molecule has 4 aromatic rings. The van der Waals surface area contributed by atoms with Gasteiger partial charge >= 0.3 is 0 Å². The highest BCUT2D eigenvalue weighted by molar-refractivity contribution is 5.98. The number of furan rings is 1. The van der Waals surface area contributed by atoms with Crippen molar-refractivity contribution >= 4 is 16.7 Å². The van der Waals surface area contributed by atoms with Gasteiger partial charge in [0.15, 0.2) is 11.6 Å². The predicted octanol–water partition coefficient (Wildman–Crippen LogP) is 2.79. The molecule has 4 N–H and O–H groups in total. The standard InChI is InChI=1S/C22H23N7O/c23-22-21-17(8-20(30-21)13-1-2-19-14(7-13)9-26-28-19)18(11-25-22)15-10-27-29(12-15)16-3-5-24-6-4-16/h1-2,7-10,12,16,18,24H,3-6,11H2,(H2,23,25)(H,26,28). The lowest BCUT2D eigenvalue weighted by molar-refractivity contribution is 0.343. The number of aliphatic imine (C=N–C) groups is 1. The van der Waals surface area contributed by atoms with E-state index < -0.39 is 0 Å². The van der Waals surface area contributed by atoms with Crippen LogP contribution in [0.3, 0.4) is 0 Å². The molecule has 30 heavy (non-hydrogen) atoms. The van der Waals surface area contributed by atoms with Crippen LogP contribution in [-0.2, 0) is 0 Å². The van der Waals surface area contributed by atoms with Crippen molar-refractivity contribution in [2.24, 2.45) is 10.7 Å². The summed E-state index contributed by atoms with van der Waals surface area (Å²) in [6.07, 6.45) is 8.17. The molecule has 0 aliphatic carbocycles. The van der Waals surface area contributed by atoms with Crippen LogP contribution in [0.4, 0.5) is 0 Å². The fourth-order valence-electron chi connectivity index (χ4n) is 4.55. The smallest absolute Gasteiger partial charge is 0.173 e. The number of amidine groups is 1. The van der Waals surface area contributed by atoms with E-state index >= 15 is 0 Å². The first-order valence-corrected chi connectivity index (χ1v) is 10.4. The maximum absolute atomic E-state index is 6.19. The molecular formula is C22H23N7O.